The molecule has 274 valence electrons. The molecule has 1 fully saturated rings. The summed E-state index contributed by atoms with van der Waals surface area (Å²) in [7, 11) is 1.78. The minimum absolute atomic E-state index is 0.0163. The zero-order chi connectivity index (χ0) is 37.3. The third-order valence-corrected chi connectivity index (χ3v) is 8.62. The van der Waals surface area contributed by atoms with E-state index in [-0.39, 0.29) is 34.9 Å². The number of hydrogen-bond acceptors (Lipinski definition) is 9. The Bertz CT molecular complexity index is 2230. The Labute approximate surface area is 297 Å². The lowest BCUT2D eigenvalue weighted by Crippen LogP contribution is -2.48. The number of halogens is 6. The maximum atomic E-state index is 13.6. The van der Waals surface area contributed by atoms with Gasteiger partial charge in [0.2, 0.25) is 11.7 Å². The van der Waals surface area contributed by atoms with Crippen LogP contribution in [0.4, 0.5) is 26.3 Å². The first-order valence-corrected chi connectivity index (χ1v) is 16.2. The zero-order valence-corrected chi connectivity index (χ0v) is 27.9. The second kappa shape index (κ2) is 14.2. The number of rotatable bonds is 9. The Kier molecular flexibility index (Phi) is 9.50. The summed E-state index contributed by atoms with van der Waals surface area (Å²) in [5.41, 5.74) is 1.64. The van der Waals surface area contributed by atoms with E-state index in [9.17, 15) is 31.1 Å². The first-order chi connectivity index (χ1) is 25.3. The maximum Gasteiger partial charge on any atom is 0.422 e. The molecule has 1 aliphatic rings. The molecule has 3 aromatic heterocycles. The molecular weight excluding hydrogens is 708 g/mol. The van der Waals surface area contributed by atoms with Crippen LogP contribution < -0.4 is 9.47 Å². The Hall–Kier alpha value is -5.97. The van der Waals surface area contributed by atoms with Gasteiger partial charge in [0.1, 0.15) is 22.9 Å². The van der Waals surface area contributed by atoms with E-state index in [1.165, 1.54) is 30.6 Å². The number of amides is 1. The molecule has 0 aliphatic carbocycles. The average Bonchev–Trinajstić information content (AvgIpc) is 3.76. The van der Waals surface area contributed by atoms with E-state index in [1.807, 2.05) is 6.07 Å². The Morgan fingerprint density at radius 3 is 2.34 bits per heavy atom. The SMILES string of the molecule is Cn1c(C(=O)N2CCN(Cc3ccccc3OCC(F)(F)F)CC2)cc2ccc(Oc3cnc(-c4nc(-c5ccc(C(F)(F)F)cc5)no4)cn3)cc21. The van der Waals surface area contributed by atoms with Crippen molar-refractivity contribution < 1.29 is 45.1 Å². The fourth-order valence-electron chi connectivity index (χ4n) is 5.88. The summed E-state index contributed by atoms with van der Waals surface area (Å²) in [4.78, 5) is 30.2. The monoisotopic (exact) mass is 737 g/mol. The quantitative estimate of drug-likeness (QED) is 0.140. The van der Waals surface area contributed by atoms with Crippen molar-refractivity contribution in [3.05, 3.63) is 102 Å². The van der Waals surface area contributed by atoms with Gasteiger partial charge in [-0.3, -0.25) is 9.69 Å². The van der Waals surface area contributed by atoms with Gasteiger partial charge in [-0.25, -0.2) is 9.97 Å². The second-order valence-electron chi connectivity index (χ2n) is 12.2. The largest absolute Gasteiger partial charge is 0.484 e. The summed E-state index contributed by atoms with van der Waals surface area (Å²) in [5, 5.41) is 4.65. The van der Waals surface area contributed by atoms with Crippen molar-refractivity contribution in [1.82, 2.24) is 34.5 Å². The number of ether oxygens (including phenoxy) is 2. The van der Waals surface area contributed by atoms with Gasteiger partial charge in [-0.15, -0.1) is 0 Å². The molecule has 0 atom stereocenters. The van der Waals surface area contributed by atoms with Gasteiger partial charge >= 0.3 is 12.4 Å². The summed E-state index contributed by atoms with van der Waals surface area (Å²) in [6, 6.07) is 18.1. The van der Waals surface area contributed by atoms with E-state index in [0.29, 0.717) is 55.3 Å². The molecule has 0 spiro atoms. The fourth-order valence-corrected chi connectivity index (χ4v) is 5.88. The van der Waals surface area contributed by atoms with Gasteiger partial charge in [0.05, 0.1) is 23.5 Å². The molecule has 53 heavy (non-hydrogen) atoms. The molecule has 17 heteroatoms. The normalized spacial score (nSPS) is 14.1. The molecule has 4 heterocycles. The van der Waals surface area contributed by atoms with Crippen LogP contribution in [-0.4, -0.2) is 79.3 Å². The maximum absolute atomic E-state index is 13.6. The first-order valence-electron chi connectivity index (χ1n) is 16.2. The standard InChI is InChI=1S/C36H29F6N7O4/c1-47-28-17-26(52-31-19-43-27(18-44-31)33-45-32(46-53-33)22-6-9-25(10-7-22)36(40,41)42)11-8-23(28)16-29(47)34(50)49-14-12-48(13-15-49)20-24-4-2-3-5-30(24)51-21-35(37,38)39/h2-11,16-19H,12-15,20-21H2,1H3. The van der Waals surface area contributed by atoms with Gasteiger partial charge in [-0.05, 0) is 36.4 Å². The van der Waals surface area contributed by atoms with Crippen molar-refractivity contribution in [2.45, 2.75) is 18.9 Å². The van der Waals surface area contributed by atoms with Crippen molar-refractivity contribution in [3.63, 3.8) is 0 Å². The number of aromatic nitrogens is 5. The highest BCUT2D eigenvalue weighted by Gasteiger charge is 2.31. The number of piperazine rings is 1. The third kappa shape index (κ3) is 8.09. The summed E-state index contributed by atoms with van der Waals surface area (Å²) in [6.45, 7) is 0.978. The Morgan fingerprint density at radius 2 is 1.64 bits per heavy atom. The van der Waals surface area contributed by atoms with Gasteiger partial charge < -0.3 is 23.5 Å². The molecule has 1 saturated heterocycles. The van der Waals surface area contributed by atoms with E-state index in [2.05, 4.69) is 25.0 Å². The minimum atomic E-state index is -4.46. The fraction of sp³-hybridized carbons (Fsp3) is 0.250. The van der Waals surface area contributed by atoms with Crippen LogP contribution in [-0.2, 0) is 19.8 Å². The van der Waals surface area contributed by atoms with Crippen LogP contribution in [0.1, 0.15) is 21.6 Å². The Balaban J connectivity index is 0.967. The first kappa shape index (κ1) is 35.4. The highest BCUT2D eigenvalue weighted by atomic mass is 19.4. The number of hydrogen-bond donors (Lipinski definition) is 0. The van der Waals surface area contributed by atoms with Crippen molar-refractivity contribution in [3.8, 4) is 40.4 Å². The topological polar surface area (TPSA) is 112 Å². The molecule has 3 aromatic carbocycles. The second-order valence-corrected chi connectivity index (χ2v) is 12.2. The number of benzene rings is 3. The van der Waals surface area contributed by atoms with E-state index >= 15 is 0 Å². The van der Waals surface area contributed by atoms with E-state index in [4.69, 9.17) is 14.0 Å². The van der Waals surface area contributed by atoms with Gasteiger partial charge in [-0.1, -0.05) is 35.5 Å². The molecule has 7 rings (SSSR count). The number of fused-ring (bicyclic) bond motifs is 1. The summed E-state index contributed by atoms with van der Waals surface area (Å²) in [5.74, 6) is 0.741. The summed E-state index contributed by atoms with van der Waals surface area (Å²) in [6.07, 6.45) is -6.18. The molecule has 0 unspecified atom stereocenters. The molecule has 1 aliphatic heterocycles. The van der Waals surface area contributed by atoms with Gasteiger partial charge in [-0.2, -0.15) is 31.3 Å². The molecule has 0 bridgehead atoms. The van der Waals surface area contributed by atoms with Crippen LogP contribution in [0.2, 0.25) is 0 Å². The smallest absolute Gasteiger partial charge is 0.422 e. The van der Waals surface area contributed by atoms with E-state index < -0.39 is 24.5 Å². The Morgan fingerprint density at radius 1 is 0.887 bits per heavy atom. The number of nitrogens with zero attached hydrogens (tertiary/aromatic N) is 7. The predicted molar refractivity (Wildman–Crippen MR) is 178 cm³/mol. The lowest BCUT2D eigenvalue weighted by Gasteiger charge is -2.35. The van der Waals surface area contributed by atoms with Crippen molar-refractivity contribution in [1.29, 1.82) is 0 Å². The van der Waals surface area contributed by atoms with Crippen LogP contribution in [0, 0.1) is 0 Å². The predicted octanol–water partition coefficient (Wildman–Crippen LogP) is 7.40. The molecule has 6 aromatic rings. The van der Waals surface area contributed by atoms with Gasteiger partial charge in [0.25, 0.3) is 11.8 Å². The number of alkyl halides is 6. The van der Waals surface area contributed by atoms with Crippen molar-refractivity contribution in [2.75, 3.05) is 32.8 Å². The number of para-hydroxylation sites is 1. The van der Waals surface area contributed by atoms with Crippen LogP contribution in [0.15, 0.2) is 89.7 Å². The summed E-state index contributed by atoms with van der Waals surface area (Å²) >= 11 is 0. The highest BCUT2D eigenvalue weighted by molar-refractivity contribution is 5.99. The average molecular weight is 738 g/mol. The van der Waals surface area contributed by atoms with Crippen molar-refractivity contribution >= 4 is 16.8 Å². The molecule has 0 radical (unpaired) electrons. The lowest BCUT2D eigenvalue weighted by molar-refractivity contribution is -0.153. The molecular formula is C36H29F6N7O4. The van der Waals surface area contributed by atoms with E-state index in [0.717, 1.165) is 23.0 Å². The van der Waals surface area contributed by atoms with E-state index in [1.54, 1.807) is 52.9 Å². The molecule has 1 amide bonds. The highest BCUT2D eigenvalue weighted by Crippen LogP contribution is 2.32. The van der Waals surface area contributed by atoms with Crippen LogP contribution in [0.5, 0.6) is 17.4 Å². The van der Waals surface area contributed by atoms with Crippen molar-refractivity contribution in [2.24, 2.45) is 7.05 Å². The van der Waals surface area contributed by atoms with Crippen LogP contribution >= 0.6 is 0 Å². The zero-order valence-electron chi connectivity index (χ0n) is 27.9. The molecule has 0 saturated carbocycles. The van der Waals surface area contributed by atoms with Gasteiger partial charge in [0, 0.05) is 62.4 Å². The lowest BCUT2D eigenvalue weighted by atomic mass is 10.1. The third-order valence-electron chi connectivity index (χ3n) is 8.62. The molecule has 0 N–H and O–H groups in total. The van der Waals surface area contributed by atoms with Crippen LogP contribution in [0.3, 0.4) is 0 Å². The van der Waals surface area contributed by atoms with Crippen LogP contribution in [0.25, 0.3) is 33.9 Å². The van der Waals surface area contributed by atoms with Gasteiger partial charge in [0.15, 0.2) is 6.61 Å². The number of carbonyl (C=O) groups excluding carboxylic acids is 1. The molecule has 11 nitrogen and oxygen atoms in total. The minimum Gasteiger partial charge on any atom is -0.484 e. The number of carbonyl (C=O) groups is 1. The number of aryl methyl sites for hydroxylation is 1. The summed E-state index contributed by atoms with van der Waals surface area (Å²) < 4.78 is 94.8.